The van der Waals surface area contributed by atoms with E-state index in [0.29, 0.717) is 22.7 Å². The van der Waals surface area contributed by atoms with Crippen LogP contribution in [-0.2, 0) is 11.3 Å². The molecular formula is C27H30FN7O2. The second kappa shape index (κ2) is 10.5. The Kier molecular flexibility index (Phi) is 7.02. The van der Waals surface area contributed by atoms with Gasteiger partial charge < -0.3 is 25.2 Å². The molecule has 1 fully saturated rings. The van der Waals surface area contributed by atoms with E-state index in [4.69, 9.17) is 4.74 Å². The highest BCUT2D eigenvalue weighted by atomic mass is 19.1. The monoisotopic (exact) mass is 503 g/mol. The molecule has 0 radical (unpaired) electrons. The standard InChI is InChI=1S/C27H30FN7O2/c1-29-27(36)26-22(6-5-21(32-26)24-16-30-25-15-19(28)8-9-35(24)25)31-20-4-7-23(18(14-20)17-33(2)3)34-10-12-37-13-11-34/h4-9,14-16,31H,10-13,17H2,1-3H3,(H,29,36). The van der Waals surface area contributed by atoms with Crippen molar-refractivity contribution in [2.24, 2.45) is 0 Å². The zero-order valence-electron chi connectivity index (χ0n) is 21.2. The van der Waals surface area contributed by atoms with Crippen molar-refractivity contribution in [3.8, 4) is 11.4 Å². The molecule has 1 aromatic carbocycles. The van der Waals surface area contributed by atoms with Crippen molar-refractivity contribution in [1.82, 2.24) is 24.6 Å². The Bertz CT molecular complexity index is 1430. The highest BCUT2D eigenvalue weighted by molar-refractivity contribution is 5.98. The molecule has 0 unspecified atom stereocenters. The van der Waals surface area contributed by atoms with Crippen molar-refractivity contribution in [2.75, 3.05) is 57.7 Å². The average molecular weight is 504 g/mol. The van der Waals surface area contributed by atoms with Crippen molar-refractivity contribution in [1.29, 1.82) is 0 Å². The molecule has 0 aliphatic carbocycles. The summed E-state index contributed by atoms with van der Waals surface area (Å²) in [6, 6.07) is 12.6. The van der Waals surface area contributed by atoms with Crippen LogP contribution in [0.4, 0.5) is 21.5 Å². The average Bonchev–Trinajstić information content (AvgIpc) is 3.32. The van der Waals surface area contributed by atoms with Crippen molar-refractivity contribution < 1.29 is 13.9 Å². The lowest BCUT2D eigenvalue weighted by atomic mass is 10.1. The van der Waals surface area contributed by atoms with Gasteiger partial charge in [-0.3, -0.25) is 9.20 Å². The number of morpholine rings is 1. The maximum atomic E-state index is 13.6. The molecule has 0 saturated carbocycles. The molecule has 4 aromatic rings. The molecule has 3 aromatic heterocycles. The van der Waals surface area contributed by atoms with Crippen molar-refractivity contribution in [2.45, 2.75) is 6.54 Å². The second-order valence-corrected chi connectivity index (χ2v) is 9.19. The molecule has 2 N–H and O–H groups in total. The minimum Gasteiger partial charge on any atom is -0.378 e. The fourth-order valence-electron chi connectivity index (χ4n) is 4.54. The predicted molar refractivity (Wildman–Crippen MR) is 142 cm³/mol. The molecule has 0 spiro atoms. The summed E-state index contributed by atoms with van der Waals surface area (Å²) in [5.41, 5.74) is 5.75. The van der Waals surface area contributed by atoms with Crippen molar-refractivity contribution in [3.05, 3.63) is 71.9 Å². The van der Waals surface area contributed by atoms with Gasteiger partial charge in [-0.25, -0.2) is 14.4 Å². The number of nitrogens with one attached hydrogen (secondary N) is 2. The van der Waals surface area contributed by atoms with Crippen LogP contribution >= 0.6 is 0 Å². The number of amides is 1. The van der Waals surface area contributed by atoms with Gasteiger partial charge in [-0.2, -0.15) is 0 Å². The second-order valence-electron chi connectivity index (χ2n) is 9.19. The molecule has 1 saturated heterocycles. The summed E-state index contributed by atoms with van der Waals surface area (Å²) in [6.45, 7) is 3.92. The van der Waals surface area contributed by atoms with E-state index in [1.54, 1.807) is 23.8 Å². The maximum absolute atomic E-state index is 13.6. The number of halogens is 1. The molecule has 1 amide bonds. The maximum Gasteiger partial charge on any atom is 0.271 e. The van der Waals surface area contributed by atoms with Gasteiger partial charge in [0.15, 0.2) is 5.69 Å². The fourth-order valence-corrected chi connectivity index (χ4v) is 4.54. The van der Waals surface area contributed by atoms with Gasteiger partial charge in [-0.1, -0.05) is 0 Å². The third-order valence-electron chi connectivity index (χ3n) is 6.27. The van der Waals surface area contributed by atoms with Gasteiger partial charge in [0.05, 0.1) is 36.5 Å². The summed E-state index contributed by atoms with van der Waals surface area (Å²) >= 11 is 0. The summed E-state index contributed by atoms with van der Waals surface area (Å²) < 4.78 is 20.9. The van der Waals surface area contributed by atoms with E-state index in [-0.39, 0.29) is 17.4 Å². The number of aromatic nitrogens is 3. The van der Waals surface area contributed by atoms with Crippen LogP contribution < -0.4 is 15.5 Å². The summed E-state index contributed by atoms with van der Waals surface area (Å²) in [5.74, 6) is -0.681. The fraction of sp³-hybridized carbons (Fsp3) is 0.296. The Morgan fingerprint density at radius 3 is 2.70 bits per heavy atom. The van der Waals surface area contributed by atoms with Crippen molar-refractivity contribution >= 4 is 28.6 Å². The van der Waals surface area contributed by atoms with Crippen LogP contribution in [0.3, 0.4) is 0 Å². The lowest BCUT2D eigenvalue weighted by Gasteiger charge is -2.31. The number of nitrogens with zero attached hydrogens (tertiary/aromatic N) is 5. The quantitative estimate of drug-likeness (QED) is 0.399. The lowest BCUT2D eigenvalue weighted by Crippen LogP contribution is -2.37. The van der Waals surface area contributed by atoms with Gasteiger partial charge in [0, 0.05) is 50.3 Å². The Balaban J connectivity index is 1.49. The van der Waals surface area contributed by atoms with Gasteiger partial charge in [-0.05, 0) is 56.1 Å². The third-order valence-corrected chi connectivity index (χ3v) is 6.27. The van der Waals surface area contributed by atoms with E-state index in [9.17, 15) is 9.18 Å². The zero-order chi connectivity index (χ0) is 25.9. The van der Waals surface area contributed by atoms with Crippen LogP contribution in [-0.4, -0.2) is 72.6 Å². The number of carbonyl (C=O) groups excluding carboxylic acids is 1. The van der Waals surface area contributed by atoms with E-state index >= 15 is 0 Å². The summed E-state index contributed by atoms with van der Waals surface area (Å²) in [4.78, 5) is 26.2. The van der Waals surface area contributed by atoms with Gasteiger partial charge in [0.2, 0.25) is 0 Å². The largest absolute Gasteiger partial charge is 0.378 e. The molecule has 10 heteroatoms. The molecule has 37 heavy (non-hydrogen) atoms. The smallest absolute Gasteiger partial charge is 0.271 e. The number of benzene rings is 1. The summed E-state index contributed by atoms with van der Waals surface area (Å²) in [7, 11) is 5.66. The zero-order valence-corrected chi connectivity index (χ0v) is 21.2. The molecule has 192 valence electrons. The minimum atomic E-state index is -0.364. The van der Waals surface area contributed by atoms with E-state index in [1.165, 1.54) is 23.4 Å². The topological polar surface area (TPSA) is 87.0 Å². The van der Waals surface area contributed by atoms with E-state index in [2.05, 4.69) is 42.5 Å². The number of rotatable bonds is 7. The van der Waals surface area contributed by atoms with Crippen LogP contribution in [0, 0.1) is 5.82 Å². The summed E-state index contributed by atoms with van der Waals surface area (Å²) in [5, 5.41) is 6.07. The SMILES string of the molecule is CNC(=O)c1nc(-c2cnc3cc(F)ccn23)ccc1Nc1ccc(N2CCOCC2)c(CN(C)C)c1. The third kappa shape index (κ3) is 5.25. The molecule has 1 aliphatic heterocycles. The van der Waals surface area contributed by atoms with Crippen LogP contribution in [0.1, 0.15) is 16.1 Å². The Morgan fingerprint density at radius 1 is 1.14 bits per heavy atom. The molecule has 1 aliphatic rings. The Morgan fingerprint density at radius 2 is 1.95 bits per heavy atom. The Hall–Kier alpha value is -4.02. The first-order chi connectivity index (χ1) is 17.9. The van der Waals surface area contributed by atoms with E-state index in [0.717, 1.165) is 38.5 Å². The van der Waals surface area contributed by atoms with Gasteiger partial charge >= 0.3 is 0 Å². The molecule has 9 nitrogen and oxygen atoms in total. The number of anilines is 3. The summed E-state index contributed by atoms with van der Waals surface area (Å²) in [6.07, 6.45) is 3.22. The first-order valence-corrected chi connectivity index (χ1v) is 12.2. The number of ether oxygens (including phenoxy) is 1. The molecule has 0 atom stereocenters. The molecule has 4 heterocycles. The van der Waals surface area contributed by atoms with Crippen LogP contribution in [0.2, 0.25) is 0 Å². The number of fused-ring (bicyclic) bond motifs is 1. The number of pyridine rings is 2. The van der Waals surface area contributed by atoms with E-state index < -0.39 is 0 Å². The number of hydrogen-bond donors (Lipinski definition) is 2. The van der Waals surface area contributed by atoms with Crippen LogP contribution in [0.25, 0.3) is 17.0 Å². The number of hydrogen-bond acceptors (Lipinski definition) is 7. The molecule has 5 rings (SSSR count). The Labute approximate surface area is 214 Å². The van der Waals surface area contributed by atoms with Gasteiger partial charge in [0.25, 0.3) is 5.91 Å². The van der Waals surface area contributed by atoms with E-state index in [1.807, 2.05) is 32.3 Å². The first-order valence-electron chi connectivity index (χ1n) is 12.2. The predicted octanol–water partition coefficient (Wildman–Crippen LogP) is 3.54. The first kappa shape index (κ1) is 24.7. The molecular weight excluding hydrogens is 473 g/mol. The van der Waals surface area contributed by atoms with Gasteiger partial charge in [-0.15, -0.1) is 0 Å². The number of imidazole rings is 1. The minimum absolute atomic E-state index is 0.253. The molecule has 0 bridgehead atoms. The normalized spacial score (nSPS) is 13.8. The highest BCUT2D eigenvalue weighted by Crippen LogP contribution is 2.30. The highest BCUT2D eigenvalue weighted by Gasteiger charge is 2.19. The van der Waals surface area contributed by atoms with Crippen LogP contribution in [0.5, 0.6) is 0 Å². The van der Waals surface area contributed by atoms with Gasteiger partial charge in [0.1, 0.15) is 11.5 Å². The lowest BCUT2D eigenvalue weighted by molar-refractivity contribution is 0.0959. The number of carbonyl (C=O) groups is 1. The van der Waals surface area contributed by atoms with Crippen molar-refractivity contribution in [3.63, 3.8) is 0 Å². The van der Waals surface area contributed by atoms with Crippen LogP contribution in [0.15, 0.2) is 54.9 Å².